The molecule has 0 bridgehead atoms. The molecule has 0 fully saturated rings. The van der Waals surface area contributed by atoms with Gasteiger partial charge in [0, 0.05) is 0 Å². The molecule has 3 rings (SSSR count). The summed E-state index contributed by atoms with van der Waals surface area (Å²) in [6, 6.07) is 19.9. The minimum Gasteiger partial charge on any atom is -0.506 e. The highest BCUT2D eigenvalue weighted by Crippen LogP contribution is 2.33. The molecule has 126 valence electrons. The van der Waals surface area contributed by atoms with E-state index in [0.29, 0.717) is 11.4 Å². The SMILES string of the molecule is O=S(=O)(O)c1ccc(N=Nc2cc(-c3ccccc3)ccc2O)cc1. The van der Waals surface area contributed by atoms with E-state index in [4.69, 9.17) is 4.55 Å². The summed E-state index contributed by atoms with van der Waals surface area (Å²) in [5.41, 5.74) is 2.54. The predicted molar refractivity (Wildman–Crippen MR) is 94.0 cm³/mol. The lowest BCUT2D eigenvalue weighted by molar-refractivity contribution is 0.476. The molecule has 0 heterocycles. The van der Waals surface area contributed by atoms with E-state index in [1.807, 2.05) is 30.3 Å². The lowest BCUT2D eigenvalue weighted by atomic mass is 10.1. The zero-order valence-corrected chi connectivity index (χ0v) is 13.8. The van der Waals surface area contributed by atoms with E-state index < -0.39 is 10.1 Å². The summed E-state index contributed by atoms with van der Waals surface area (Å²) in [6.07, 6.45) is 0. The van der Waals surface area contributed by atoms with Crippen LogP contribution in [-0.4, -0.2) is 18.1 Å². The van der Waals surface area contributed by atoms with Crippen LogP contribution < -0.4 is 0 Å². The third-order valence-corrected chi connectivity index (χ3v) is 4.36. The number of aromatic hydroxyl groups is 1. The molecule has 25 heavy (non-hydrogen) atoms. The van der Waals surface area contributed by atoms with Gasteiger partial charge < -0.3 is 5.11 Å². The largest absolute Gasteiger partial charge is 0.506 e. The van der Waals surface area contributed by atoms with Gasteiger partial charge in [-0.25, -0.2) is 0 Å². The van der Waals surface area contributed by atoms with Crippen LogP contribution >= 0.6 is 0 Å². The summed E-state index contributed by atoms with van der Waals surface area (Å²) in [5, 5.41) is 17.9. The summed E-state index contributed by atoms with van der Waals surface area (Å²) in [4.78, 5) is -0.222. The molecular formula is C18H14N2O4S. The van der Waals surface area contributed by atoms with Gasteiger partial charge in [-0.05, 0) is 47.5 Å². The van der Waals surface area contributed by atoms with Crippen molar-refractivity contribution in [1.29, 1.82) is 0 Å². The van der Waals surface area contributed by atoms with E-state index >= 15 is 0 Å². The molecule has 0 atom stereocenters. The molecule has 0 aliphatic rings. The standard InChI is InChI=1S/C18H14N2O4S/c21-18-11-6-14(13-4-2-1-3-5-13)12-17(18)20-19-15-7-9-16(10-8-15)25(22,23)24/h1-12,21H,(H,22,23,24). The molecular weight excluding hydrogens is 340 g/mol. The first-order chi connectivity index (χ1) is 11.9. The fourth-order valence-electron chi connectivity index (χ4n) is 2.21. The Hall–Kier alpha value is -3.03. The van der Waals surface area contributed by atoms with Crippen molar-refractivity contribution in [2.45, 2.75) is 4.90 Å². The number of phenols is 1. The first-order valence-corrected chi connectivity index (χ1v) is 8.75. The molecule has 0 radical (unpaired) electrons. The van der Waals surface area contributed by atoms with Crippen LogP contribution in [0.4, 0.5) is 11.4 Å². The van der Waals surface area contributed by atoms with Crippen molar-refractivity contribution >= 4 is 21.5 Å². The van der Waals surface area contributed by atoms with Crippen molar-refractivity contribution in [3.63, 3.8) is 0 Å². The maximum absolute atomic E-state index is 11.0. The third kappa shape index (κ3) is 4.09. The molecule has 6 nitrogen and oxygen atoms in total. The first-order valence-electron chi connectivity index (χ1n) is 7.31. The van der Waals surface area contributed by atoms with Crippen LogP contribution in [0.25, 0.3) is 11.1 Å². The second-order valence-corrected chi connectivity index (χ2v) is 6.66. The maximum atomic E-state index is 11.0. The van der Waals surface area contributed by atoms with Gasteiger partial charge in [0.15, 0.2) is 0 Å². The zero-order valence-electron chi connectivity index (χ0n) is 12.9. The molecule has 0 aliphatic heterocycles. The van der Waals surface area contributed by atoms with Crippen molar-refractivity contribution in [1.82, 2.24) is 0 Å². The molecule has 7 heteroatoms. The Balaban J connectivity index is 1.88. The summed E-state index contributed by atoms with van der Waals surface area (Å²) >= 11 is 0. The van der Waals surface area contributed by atoms with Gasteiger partial charge in [-0.15, -0.1) is 5.11 Å². The predicted octanol–water partition coefficient (Wildman–Crippen LogP) is 4.72. The number of phenolic OH excluding ortho intramolecular Hbond substituents is 1. The quantitative estimate of drug-likeness (QED) is 0.523. The average molecular weight is 354 g/mol. The molecule has 0 aromatic heterocycles. The molecule has 3 aromatic rings. The van der Waals surface area contributed by atoms with Crippen molar-refractivity contribution in [2.75, 3.05) is 0 Å². The zero-order chi connectivity index (χ0) is 17.9. The maximum Gasteiger partial charge on any atom is 0.294 e. The van der Waals surface area contributed by atoms with Crippen LogP contribution in [0.1, 0.15) is 0 Å². The molecule has 2 N–H and O–H groups in total. The normalized spacial score (nSPS) is 11.7. The lowest BCUT2D eigenvalue weighted by Gasteiger charge is -2.04. The number of benzene rings is 3. The van der Waals surface area contributed by atoms with Gasteiger partial charge in [-0.2, -0.15) is 13.5 Å². The highest BCUT2D eigenvalue weighted by atomic mass is 32.2. The van der Waals surface area contributed by atoms with Gasteiger partial charge >= 0.3 is 0 Å². The van der Waals surface area contributed by atoms with Crippen LogP contribution in [0.15, 0.2) is 87.9 Å². The van der Waals surface area contributed by atoms with Crippen LogP contribution in [0, 0.1) is 0 Å². The van der Waals surface area contributed by atoms with E-state index in [0.717, 1.165) is 11.1 Å². The van der Waals surface area contributed by atoms with Crippen LogP contribution in [-0.2, 0) is 10.1 Å². The number of rotatable bonds is 4. The summed E-state index contributed by atoms with van der Waals surface area (Å²) in [7, 11) is -4.24. The Kier molecular flexibility index (Phi) is 4.60. The van der Waals surface area contributed by atoms with Gasteiger partial charge in [0.05, 0.1) is 10.6 Å². The van der Waals surface area contributed by atoms with Crippen LogP contribution in [0.2, 0.25) is 0 Å². The first kappa shape index (κ1) is 16.8. The molecule has 0 unspecified atom stereocenters. The van der Waals surface area contributed by atoms with E-state index in [1.54, 1.807) is 12.1 Å². The summed E-state index contributed by atoms with van der Waals surface area (Å²) in [6.45, 7) is 0. The second-order valence-electron chi connectivity index (χ2n) is 5.24. The number of hydrogen-bond donors (Lipinski definition) is 2. The summed E-state index contributed by atoms with van der Waals surface area (Å²) in [5.74, 6) is -0.0158. The monoisotopic (exact) mass is 354 g/mol. The Labute approximate surface area is 144 Å². The average Bonchev–Trinajstić information content (AvgIpc) is 2.61. The fourth-order valence-corrected chi connectivity index (χ4v) is 2.69. The third-order valence-electron chi connectivity index (χ3n) is 3.49. The smallest absolute Gasteiger partial charge is 0.294 e. The fraction of sp³-hybridized carbons (Fsp3) is 0. The Morgan fingerprint density at radius 2 is 1.44 bits per heavy atom. The van der Waals surface area contributed by atoms with E-state index in [2.05, 4.69) is 10.2 Å². The molecule has 3 aromatic carbocycles. The molecule has 0 saturated heterocycles. The van der Waals surface area contributed by atoms with Gasteiger partial charge in [0.1, 0.15) is 11.4 Å². The van der Waals surface area contributed by atoms with Gasteiger partial charge in [-0.1, -0.05) is 36.4 Å². The highest BCUT2D eigenvalue weighted by Gasteiger charge is 2.08. The van der Waals surface area contributed by atoms with Crippen molar-refractivity contribution in [2.24, 2.45) is 10.2 Å². The number of hydrogen-bond acceptors (Lipinski definition) is 5. The van der Waals surface area contributed by atoms with Crippen molar-refractivity contribution in [3.05, 3.63) is 72.8 Å². The number of nitrogens with zero attached hydrogens (tertiary/aromatic N) is 2. The Morgan fingerprint density at radius 1 is 0.760 bits per heavy atom. The molecule has 0 aliphatic carbocycles. The van der Waals surface area contributed by atoms with E-state index in [1.165, 1.54) is 30.3 Å². The lowest BCUT2D eigenvalue weighted by Crippen LogP contribution is -1.96. The minimum absolute atomic E-state index is 0.0158. The van der Waals surface area contributed by atoms with Crippen molar-refractivity contribution in [3.8, 4) is 16.9 Å². The van der Waals surface area contributed by atoms with Gasteiger partial charge in [-0.3, -0.25) is 4.55 Å². The minimum atomic E-state index is -4.24. The number of azo groups is 1. The van der Waals surface area contributed by atoms with E-state index in [-0.39, 0.29) is 10.6 Å². The van der Waals surface area contributed by atoms with Crippen molar-refractivity contribution < 1.29 is 18.1 Å². The topological polar surface area (TPSA) is 99.3 Å². The van der Waals surface area contributed by atoms with Crippen LogP contribution in [0.3, 0.4) is 0 Å². The van der Waals surface area contributed by atoms with Gasteiger partial charge in [0.25, 0.3) is 10.1 Å². The van der Waals surface area contributed by atoms with Gasteiger partial charge in [0.2, 0.25) is 0 Å². The van der Waals surface area contributed by atoms with E-state index in [9.17, 15) is 13.5 Å². The molecule has 0 spiro atoms. The highest BCUT2D eigenvalue weighted by molar-refractivity contribution is 7.85. The Bertz CT molecular complexity index is 1010. The summed E-state index contributed by atoms with van der Waals surface area (Å²) < 4.78 is 31.0. The second kappa shape index (κ2) is 6.84. The molecule has 0 amide bonds. The molecule has 0 saturated carbocycles. The Morgan fingerprint density at radius 3 is 2.08 bits per heavy atom. The van der Waals surface area contributed by atoms with Crippen LogP contribution in [0.5, 0.6) is 5.75 Å².